The minimum atomic E-state index is -1.02. The van der Waals surface area contributed by atoms with Gasteiger partial charge in [-0.15, -0.1) is 0 Å². The standard InChI is InChI=1S/C35H65NO10/c1-24(2)35(46)23-34(45)22-33(44)20-29(40)14-7-13-28(39)19-32(43)21-31(42)18-27(38)12-6-11-26(37)17-30(41)15-8-16-36-25-9-4-3-5-10-25/h6-7,12,14,24-34,36-45H,3-5,8-11,13,15-23H2,1-2H3/b12-6+,14-7+. The Hall–Kier alpha value is -1.25. The van der Waals surface area contributed by atoms with Crippen molar-refractivity contribution in [3.05, 3.63) is 24.3 Å². The largest absolute Gasteiger partial charge is 0.393 e. The quantitative estimate of drug-likeness (QED) is 0.0478. The molecule has 0 heterocycles. The van der Waals surface area contributed by atoms with E-state index in [1.165, 1.54) is 50.3 Å². The summed E-state index contributed by atoms with van der Waals surface area (Å²) < 4.78 is 0. The van der Waals surface area contributed by atoms with Gasteiger partial charge in [0.25, 0.3) is 0 Å². The van der Waals surface area contributed by atoms with E-state index in [4.69, 9.17) is 0 Å². The van der Waals surface area contributed by atoms with Crippen molar-refractivity contribution in [2.45, 2.75) is 178 Å². The monoisotopic (exact) mass is 659 g/mol. The van der Waals surface area contributed by atoms with E-state index < -0.39 is 54.9 Å². The highest BCUT2D eigenvalue weighted by Gasteiger charge is 2.20. The van der Waals surface area contributed by atoms with Crippen LogP contribution in [0.25, 0.3) is 0 Å². The van der Waals surface area contributed by atoms with Crippen LogP contribution in [0.3, 0.4) is 0 Å². The molecule has 1 aliphatic rings. The van der Waals surface area contributed by atoms with Gasteiger partial charge in [-0.2, -0.15) is 0 Å². The van der Waals surface area contributed by atoms with E-state index in [1.54, 1.807) is 19.9 Å². The number of carbonyl (C=O) groups excluding carboxylic acids is 1. The van der Waals surface area contributed by atoms with Crippen LogP contribution < -0.4 is 5.32 Å². The molecule has 0 radical (unpaired) electrons. The number of Topliss-reactive ketones (excluding diaryl/α,β-unsaturated/α-hetero) is 1. The van der Waals surface area contributed by atoms with Crippen molar-refractivity contribution in [2.24, 2.45) is 5.92 Å². The average Bonchev–Trinajstić information content (AvgIpc) is 2.95. The maximum absolute atomic E-state index is 11.7. The molecule has 11 nitrogen and oxygen atoms in total. The Labute approximate surface area is 276 Å². The lowest BCUT2D eigenvalue weighted by atomic mass is 9.95. The summed E-state index contributed by atoms with van der Waals surface area (Å²) in [7, 11) is 0. The van der Waals surface area contributed by atoms with E-state index in [2.05, 4.69) is 5.32 Å². The van der Waals surface area contributed by atoms with E-state index in [9.17, 15) is 50.8 Å². The maximum atomic E-state index is 11.7. The Morgan fingerprint density at radius 2 is 1.09 bits per heavy atom. The first-order chi connectivity index (χ1) is 21.7. The predicted octanol–water partition coefficient (Wildman–Crippen LogP) is 1.79. The molecule has 0 aromatic carbocycles. The molecule has 46 heavy (non-hydrogen) atoms. The third kappa shape index (κ3) is 22.3. The van der Waals surface area contributed by atoms with Crippen LogP contribution in [0.4, 0.5) is 0 Å². The zero-order valence-electron chi connectivity index (χ0n) is 28.1. The number of aliphatic hydroxyl groups excluding tert-OH is 9. The Morgan fingerprint density at radius 1 is 0.630 bits per heavy atom. The van der Waals surface area contributed by atoms with Crippen LogP contribution in [0.1, 0.15) is 117 Å². The topological polar surface area (TPSA) is 211 Å². The number of nitrogens with one attached hydrogen (secondary N) is 1. The zero-order chi connectivity index (χ0) is 34.5. The fourth-order valence-electron chi connectivity index (χ4n) is 5.86. The van der Waals surface area contributed by atoms with Crippen LogP contribution in [0.15, 0.2) is 24.3 Å². The average molecular weight is 660 g/mol. The van der Waals surface area contributed by atoms with E-state index in [0.717, 1.165) is 13.0 Å². The molecule has 1 fully saturated rings. The minimum Gasteiger partial charge on any atom is -0.393 e. The number of hydrogen-bond acceptors (Lipinski definition) is 11. The lowest BCUT2D eigenvalue weighted by Crippen LogP contribution is -2.32. The van der Waals surface area contributed by atoms with E-state index in [0.29, 0.717) is 12.5 Å². The molecule has 11 heteroatoms. The van der Waals surface area contributed by atoms with Gasteiger partial charge in [0.1, 0.15) is 5.78 Å². The highest BCUT2D eigenvalue weighted by molar-refractivity contribution is 5.80. The molecule has 0 aliphatic heterocycles. The summed E-state index contributed by atoms with van der Waals surface area (Å²) in [4.78, 5) is 11.7. The lowest BCUT2D eigenvalue weighted by Gasteiger charge is -2.23. The van der Waals surface area contributed by atoms with Crippen molar-refractivity contribution in [3.8, 4) is 0 Å². The van der Waals surface area contributed by atoms with E-state index >= 15 is 0 Å². The first kappa shape index (κ1) is 42.8. The third-order valence-corrected chi connectivity index (χ3v) is 8.57. The smallest absolute Gasteiger partial charge is 0.137 e. The summed E-state index contributed by atoms with van der Waals surface area (Å²) in [6.45, 7) is 4.34. The molecule has 1 aliphatic carbocycles. The molecule has 270 valence electrons. The Bertz CT molecular complexity index is 834. The van der Waals surface area contributed by atoms with Crippen LogP contribution in [-0.4, -0.2) is 119 Å². The van der Waals surface area contributed by atoms with Crippen molar-refractivity contribution in [2.75, 3.05) is 6.54 Å². The van der Waals surface area contributed by atoms with Gasteiger partial charge < -0.3 is 51.3 Å². The molecular formula is C35H65NO10. The first-order valence-corrected chi connectivity index (χ1v) is 17.5. The van der Waals surface area contributed by atoms with Crippen LogP contribution in [0, 0.1) is 5.92 Å². The zero-order valence-corrected chi connectivity index (χ0v) is 28.1. The van der Waals surface area contributed by atoms with Gasteiger partial charge in [0.05, 0.1) is 54.9 Å². The molecule has 0 aromatic heterocycles. The van der Waals surface area contributed by atoms with Gasteiger partial charge in [-0.1, -0.05) is 57.4 Å². The van der Waals surface area contributed by atoms with Crippen LogP contribution in [0.2, 0.25) is 0 Å². The molecule has 10 N–H and O–H groups in total. The molecule has 0 aromatic rings. The fraction of sp³-hybridized carbons (Fsp3) is 0.857. The van der Waals surface area contributed by atoms with E-state index in [1.807, 2.05) is 0 Å². The molecule has 1 saturated carbocycles. The van der Waals surface area contributed by atoms with E-state index in [-0.39, 0.29) is 69.5 Å². The van der Waals surface area contributed by atoms with Crippen molar-refractivity contribution in [1.82, 2.24) is 5.32 Å². The highest BCUT2D eigenvalue weighted by Crippen LogP contribution is 2.18. The number of hydrogen-bond donors (Lipinski definition) is 10. The summed E-state index contributed by atoms with van der Waals surface area (Å²) in [6.07, 6.45) is 5.99. The molecule has 0 saturated heterocycles. The SMILES string of the molecule is CC(C)C(=O)CC(O)CC(O)CC(O)/C=C/CC(O)CC(O)CC(O)CC(O)/C=C/CC(O)CC(O)CCCNC1CCCCC1. The summed E-state index contributed by atoms with van der Waals surface area (Å²) >= 11 is 0. The summed E-state index contributed by atoms with van der Waals surface area (Å²) in [5, 5.41) is 95.0. The maximum Gasteiger partial charge on any atom is 0.137 e. The van der Waals surface area contributed by atoms with Crippen LogP contribution >= 0.6 is 0 Å². The highest BCUT2D eigenvalue weighted by atomic mass is 16.3. The van der Waals surface area contributed by atoms with Crippen molar-refractivity contribution in [3.63, 3.8) is 0 Å². The van der Waals surface area contributed by atoms with Gasteiger partial charge in [0.2, 0.25) is 0 Å². The van der Waals surface area contributed by atoms with Gasteiger partial charge in [-0.25, -0.2) is 0 Å². The number of ketones is 1. The molecule has 0 bridgehead atoms. The summed E-state index contributed by atoms with van der Waals surface area (Å²) in [5.41, 5.74) is 0. The second-order valence-electron chi connectivity index (χ2n) is 13.7. The number of carbonyl (C=O) groups is 1. The van der Waals surface area contributed by atoms with Gasteiger partial charge >= 0.3 is 0 Å². The molecule has 0 amide bonds. The predicted molar refractivity (Wildman–Crippen MR) is 178 cm³/mol. The Morgan fingerprint density at radius 3 is 1.61 bits per heavy atom. The Balaban J connectivity index is 2.19. The van der Waals surface area contributed by atoms with Gasteiger partial charge in [-0.3, -0.25) is 4.79 Å². The Kier molecular flexibility index (Phi) is 23.1. The summed E-state index contributed by atoms with van der Waals surface area (Å²) in [5.74, 6) is -0.299. The second kappa shape index (κ2) is 24.8. The number of aliphatic hydroxyl groups is 9. The third-order valence-electron chi connectivity index (χ3n) is 8.57. The van der Waals surface area contributed by atoms with Crippen molar-refractivity contribution >= 4 is 5.78 Å². The summed E-state index contributed by atoms with van der Waals surface area (Å²) in [6, 6.07) is 0.589. The molecule has 9 unspecified atom stereocenters. The van der Waals surface area contributed by atoms with Crippen LogP contribution in [-0.2, 0) is 4.79 Å². The first-order valence-electron chi connectivity index (χ1n) is 17.5. The van der Waals surface area contributed by atoms with Crippen molar-refractivity contribution in [1.29, 1.82) is 0 Å². The van der Waals surface area contributed by atoms with Gasteiger partial charge in [-0.05, 0) is 70.8 Å². The molecule has 9 atom stereocenters. The fourth-order valence-corrected chi connectivity index (χ4v) is 5.86. The second-order valence-corrected chi connectivity index (χ2v) is 13.7. The number of rotatable bonds is 26. The normalized spacial score (nSPS) is 20.9. The van der Waals surface area contributed by atoms with Crippen molar-refractivity contribution < 1.29 is 50.8 Å². The minimum absolute atomic E-state index is 0.0205. The molecule has 0 spiro atoms. The van der Waals surface area contributed by atoms with Gasteiger partial charge in [0, 0.05) is 31.2 Å². The van der Waals surface area contributed by atoms with Crippen LogP contribution in [0.5, 0.6) is 0 Å². The van der Waals surface area contributed by atoms with Gasteiger partial charge in [0.15, 0.2) is 0 Å². The lowest BCUT2D eigenvalue weighted by molar-refractivity contribution is -0.124. The molecule has 1 rings (SSSR count). The molecular weight excluding hydrogens is 594 g/mol.